The summed E-state index contributed by atoms with van der Waals surface area (Å²) < 4.78 is 30.7. The highest BCUT2D eigenvalue weighted by Gasteiger charge is 2.42. The predicted molar refractivity (Wildman–Crippen MR) is 116 cm³/mol. The average Bonchev–Trinajstić information content (AvgIpc) is 3.12. The normalized spacial score (nSPS) is 19.3. The van der Waals surface area contributed by atoms with Gasteiger partial charge in [-0.05, 0) is 47.4 Å². The average molecular weight is 417 g/mol. The molecule has 1 atom stereocenters. The Balaban J connectivity index is 1.51. The Hall–Kier alpha value is -2.96. The highest BCUT2D eigenvalue weighted by molar-refractivity contribution is 7.89. The molecule has 0 saturated carbocycles. The van der Waals surface area contributed by atoms with Gasteiger partial charge in [-0.15, -0.1) is 0 Å². The second kappa shape index (κ2) is 6.27. The molecule has 0 bridgehead atoms. The van der Waals surface area contributed by atoms with Gasteiger partial charge in [0, 0.05) is 24.0 Å². The van der Waals surface area contributed by atoms with Gasteiger partial charge >= 0.3 is 0 Å². The van der Waals surface area contributed by atoms with Crippen LogP contribution >= 0.6 is 0 Å². The van der Waals surface area contributed by atoms with E-state index < -0.39 is 10.0 Å². The number of carbonyl (C=O) groups is 1. The summed E-state index contributed by atoms with van der Waals surface area (Å²) in [6.07, 6.45) is 1.48. The molecule has 0 spiro atoms. The van der Waals surface area contributed by atoms with E-state index in [0.717, 1.165) is 32.9 Å². The number of sulfonamides is 1. The fraction of sp³-hybridized carbons (Fsp3) is 0.208. The van der Waals surface area contributed by atoms with Gasteiger partial charge in [0.15, 0.2) is 0 Å². The van der Waals surface area contributed by atoms with Crippen LogP contribution in [-0.4, -0.2) is 29.7 Å². The van der Waals surface area contributed by atoms with Crippen molar-refractivity contribution in [2.45, 2.75) is 30.2 Å². The van der Waals surface area contributed by atoms with Crippen LogP contribution in [0, 0.1) is 0 Å². The summed E-state index contributed by atoms with van der Waals surface area (Å²) in [5, 5.41) is 2.99. The molecule has 2 aliphatic heterocycles. The molecule has 0 fully saturated rings. The Morgan fingerprint density at radius 2 is 1.63 bits per heavy atom. The molecular formula is C24H20N2O3S. The molecule has 30 heavy (non-hydrogen) atoms. The molecule has 1 unspecified atom stereocenters. The van der Waals surface area contributed by atoms with Crippen LogP contribution in [-0.2, 0) is 16.4 Å². The van der Waals surface area contributed by atoms with Gasteiger partial charge in [-0.1, -0.05) is 48.5 Å². The maximum absolute atomic E-state index is 13.7. The highest BCUT2D eigenvalue weighted by atomic mass is 32.2. The molecule has 2 aliphatic rings. The van der Waals surface area contributed by atoms with Crippen molar-refractivity contribution in [3.05, 3.63) is 78.0 Å². The Morgan fingerprint density at radius 3 is 2.50 bits per heavy atom. The zero-order valence-electron chi connectivity index (χ0n) is 16.3. The third-order valence-electron chi connectivity index (χ3n) is 6.47. The summed E-state index contributed by atoms with van der Waals surface area (Å²) >= 11 is 0. The summed E-state index contributed by atoms with van der Waals surface area (Å²) in [6, 6.07) is 20.7. The number of hydrogen-bond donors (Lipinski definition) is 0. The van der Waals surface area contributed by atoms with Crippen LogP contribution in [0.4, 0.5) is 0 Å². The van der Waals surface area contributed by atoms with Gasteiger partial charge in [0.2, 0.25) is 15.9 Å². The number of hydrogen-bond acceptors (Lipinski definition) is 3. The van der Waals surface area contributed by atoms with Gasteiger partial charge in [-0.2, -0.15) is 4.31 Å². The Bertz CT molecular complexity index is 1450. The largest absolute Gasteiger partial charge is 0.282 e. The summed E-state index contributed by atoms with van der Waals surface area (Å²) in [4.78, 5) is 13.1. The molecule has 3 aromatic carbocycles. The fourth-order valence-electron chi connectivity index (χ4n) is 5.13. The van der Waals surface area contributed by atoms with E-state index in [-0.39, 0.29) is 11.9 Å². The van der Waals surface area contributed by atoms with E-state index in [4.69, 9.17) is 0 Å². The van der Waals surface area contributed by atoms with Crippen LogP contribution in [0.1, 0.15) is 34.9 Å². The molecule has 4 aromatic rings. The van der Waals surface area contributed by atoms with Gasteiger partial charge in [-0.25, -0.2) is 8.42 Å². The maximum Gasteiger partial charge on any atom is 0.243 e. The van der Waals surface area contributed by atoms with Gasteiger partial charge < -0.3 is 0 Å². The van der Waals surface area contributed by atoms with Crippen LogP contribution in [0.3, 0.4) is 0 Å². The third-order valence-corrected chi connectivity index (χ3v) is 8.38. The molecule has 6 heteroatoms. The van der Waals surface area contributed by atoms with E-state index in [9.17, 15) is 13.2 Å². The second-order valence-corrected chi connectivity index (χ2v) is 9.93. The quantitative estimate of drug-likeness (QED) is 0.483. The number of nitrogens with zero attached hydrogens (tertiary/aromatic N) is 2. The van der Waals surface area contributed by atoms with Crippen molar-refractivity contribution in [1.29, 1.82) is 0 Å². The minimum Gasteiger partial charge on any atom is -0.282 e. The zero-order valence-corrected chi connectivity index (χ0v) is 17.1. The standard InChI is InChI=1S/C24H20N2O3S/c27-23-12-11-22-24-20(19-7-3-4-8-21(19)26(23)24)13-14-25(22)30(28,29)18-10-9-16-5-1-2-6-17(16)15-18/h1-10,15,22H,11-14H2. The summed E-state index contributed by atoms with van der Waals surface area (Å²) in [5.74, 6) is 0.0497. The minimum absolute atomic E-state index is 0.0497. The van der Waals surface area contributed by atoms with Crippen molar-refractivity contribution >= 4 is 37.6 Å². The van der Waals surface area contributed by atoms with Gasteiger partial charge in [0.25, 0.3) is 0 Å². The molecule has 0 saturated heterocycles. The monoisotopic (exact) mass is 416 g/mol. The van der Waals surface area contributed by atoms with Gasteiger partial charge in [0.1, 0.15) is 0 Å². The lowest BCUT2D eigenvalue weighted by Crippen LogP contribution is -2.43. The van der Waals surface area contributed by atoms with Crippen LogP contribution in [0.15, 0.2) is 71.6 Å². The Morgan fingerprint density at radius 1 is 0.867 bits per heavy atom. The topological polar surface area (TPSA) is 59.4 Å². The molecule has 5 nitrogen and oxygen atoms in total. The predicted octanol–water partition coefficient (Wildman–Crippen LogP) is 4.52. The minimum atomic E-state index is -3.69. The van der Waals surface area contributed by atoms with Crippen LogP contribution in [0.2, 0.25) is 0 Å². The molecular weight excluding hydrogens is 396 g/mol. The molecule has 150 valence electrons. The number of rotatable bonds is 2. The lowest BCUT2D eigenvalue weighted by molar-refractivity contribution is 0.0855. The molecule has 0 amide bonds. The first-order valence-electron chi connectivity index (χ1n) is 10.2. The number of aromatic nitrogens is 1. The molecule has 1 aromatic heterocycles. The summed E-state index contributed by atoms with van der Waals surface area (Å²) in [7, 11) is -3.69. The SMILES string of the molecule is O=C1CCC2c3c(c4ccccc4n31)CCN2S(=O)(=O)c1ccc2ccccc2c1. The van der Waals surface area contributed by atoms with Gasteiger partial charge in [0.05, 0.1) is 16.5 Å². The van der Waals surface area contributed by atoms with E-state index in [2.05, 4.69) is 0 Å². The van der Waals surface area contributed by atoms with Crippen LogP contribution in [0.25, 0.3) is 21.7 Å². The molecule has 0 N–H and O–H groups in total. The van der Waals surface area contributed by atoms with Crippen molar-refractivity contribution in [3.63, 3.8) is 0 Å². The number of carbonyl (C=O) groups excluding carboxylic acids is 1. The third kappa shape index (κ3) is 2.38. The first-order valence-corrected chi connectivity index (χ1v) is 11.7. The van der Waals surface area contributed by atoms with E-state index in [1.807, 2.05) is 54.6 Å². The van der Waals surface area contributed by atoms with Crippen LogP contribution < -0.4 is 0 Å². The lowest BCUT2D eigenvalue weighted by Gasteiger charge is -2.38. The zero-order chi connectivity index (χ0) is 20.5. The lowest BCUT2D eigenvalue weighted by atomic mass is 9.94. The number of para-hydroxylation sites is 1. The summed E-state index contributed by atoms with van der Waals surface area (Å²) in [5.41, 5.74) is 2.87. The first-order chi connectivity index (χ1) is 14.6. The second-order valence-electron chi connectivity index (χ2n) is 8.04. The van der Waals surface area contributed by atoms with Crippen molar-refractivity contribution in [2.24, 2.45) is 0 Å². The number of benzene rings is 3. The van der Waals surface area contributed by atoms with Crippen molar-refractivity contribution in [3.8, 4) is 0 Å². The van der Waals surface area contributed by atoms with Crippen molar-refractivity contribution < 1.29 is 13.2 Å². The van der Waals surface area contributed by atoms with Crippen LogP contribution in [0.5, 0.6) is 0 Å². The Kier molecular flexibility index (Phi) is 3.73. The smallest absolute Gasteiger partial charge is 0.243 e. The highest BCUT2D eigenvalue weighted by Crippen LogP contribution is 2.44. The van der Waals surface area contributed by atoms with Gasteiger partial charge in [-0.3, -0.25) is 9.36 Å². The van der Waals surface area contributed by atoms with E-state index in [1.54, 1.807) is 21.0 Å². The summed E-state index contributed by atoms with van der Waals surface area (Å²) in [6.45, 7) is 0.426. The maximum atomic E-state index is 13.7. The van der Waals surface area contributed by atoms with Crippen molar-refractivity contribution in [1.82, 2.24) is 8.87 Å². The van der Waals surface area contributed by atoms with Crippen molar-refractivity contribution in [2.75, 3.05) is 6.54 Å². The van der Waals surface area contributed by atoms with E-state index in [0.29, 0.717) is 30.7 Å². The molecule has 0 aliphatic carbocycles. The molecule has 0 radical (unpaired) electrons. The molecule has 3 heterocycles. The molecule has 6 rings (SSSR count). The fourth-order valence-corrected chi connectivity index (χ4v) is 6.78. The number of fused-ring (bicyclic) bond motifs is 4. The first kappa shape index (κ1) is 17.9. The van der Waals surface area contributed by atoms with E-state index >= 15 is 0 Å². The van der Waals surface area contributed by atoms with E-state index in [1.165, 1.54) is 0 Å². The Labute approximate surface area is 174 Å².